The third-order valence-electron chi connectivity index (χ3n) is 3.77. The van der Waals surface area contributed by atoms with Crippen LogP contribution in [0, 0.1) is 6.92 Å². The van der Waals surface area contributed by atoms with Crippen LogP contribution in [0.1, 0.15) is 34.6 Å². The monoisotopic (exact) mass is 367 g/mol. The Hall–Kier alpha value is -3.35. The van der Waals surface area contributed by atoms with Crippen LogP contribution < -0.4 is 14.8 Å². The molecule has 0 atom stereocenters. The number of amides is 1. The largest absolute Gasteiger partial charge is 0.494 e. The molecule has 0 saturated carbocycles. The molecule has 27 heavy (non-hydrogen) atoms. The lowest BCUT2D eigenvalue weighted by Gasteiger charge is -2.13. The molecule has 0 saturated heterocycles. The SMILES string of the molecule is CCOc1ccccc1CNC(=O)c1ccccc1OCc1noc(C)n1. The zero-order chi connectivity index (χ0) is 19.1. The molecular formula is C20H21N3O4. The van der Waals surface area contributed by atoms with Crippen LogP contribution >= 0.6 is 0 Å². The van der Waals surface area contributed by atoms with Crippen molar-refractivity contribution in [2.24, 2.45) is 0 Å². The Balaban J connectivity index is 1.66. The number of aryl methyl sites for hydroxylation is 1. The predicted octanol–water partition coefficient (Wildman–Crippen LogP) is 3.29. The zero-order valence-corrected chi connectivity index (χ0v) is 15.3. The van der Waals surface area contributed by atoms with E-state index in [4.69, 9.17) is 14.0 Å². The number of aromatic nitrogens is 2. The van der Waals surface area contributed by atoms with E-state index >= 15 is 0 Å². The normalized spacial score (nSPS) is 10.4. The van der Waals surface area contributed by atoms with Gasteiger partial charge >= 0.3 is 0 Å². The smallest absolute Gasteiger partial charge is 0.255 e. The molecule has 1 aromatic heterocycles. The molecule has 2 aromatic carbocycles. The first-order valence-corrected chi connectivity index (χ1v) is 8.67. The number of carbonyl (C=O) groups excluding carboxylic acids is 1. The Morgan fingerprint density at radius 3 is 2.56 bits per heavy atom. The van der Waals surface area contributed by atoms with Crippen LogP contribution in [0.3, 0.4) is 0 Å². The lowest BCUT2D eigenvalue weighted by molar-refractivity contribution is 0.0946. The first kappa shape index (κ1) is 18.4. The maximum absolute atomic E-state index is 12.6. The molecule has 0 bridgehead atoms. The number of hydrogen-bond donors (Lipinski definition) is 1. The second-order valence-electron chi connectivity index (χ2n) is 5.74. The molecule has 0 fully saturated rings. The van der Waals surface area contributed by atoms with Crippen LogP contribution in [0.2, 0.25) is 0 Å². The molecule has 0 radical (unpaired) electrons. The van der Waals surface area contributed by atoms with Crippen molar-refractivity contribution in [2.45, 2.75) is 27.0 Å². The van der Waals surface area contributed by atoms with Gasteiger partial charge in [-0.1, -0.05) is 35.5 Å². The number of hydrogen-bond acceptors (Lipinski definition) is 6. The fraction of sp³-hybridized carbons (Fsp3) is 0.250. The molecule has 0 unspecified atom stereocenters. The first-order chi connectivity index (χ1) is 13.2. The minimum atomic E-state index is -0.235. The number of carbonyl (C=O) groups is 1. The van der Waals surface area contributed by atoms with Crippen molar-refractivity contribution < 1.29 is 18.8 Å². The number of nitrogens with one attached hydrogen (secondary N) is 1. The molecular weight excluding hydrogens is 346 g/mol. The first-order valence-electron chi connectivity index (χ1n) is 8.67. The van der Waals surface area contributed by atoms with Gasteiger partial charge < -0.3 is 19.3 Å². The van der Waals surface area contributed by atoms with E-state index in [2.05, 4.69) is 15.5 Å². The zero-order valence-electron chi connectivity index (χ0n) is 15.3. The average Bonchev–Trinajstić information content (AvgIpc) is 3.11. The highest BCUT2D eigenvalue weighted by Gasteiger charge is 2.14. The van der Waals surface area contributed by atoms with E-state index < -0.39 is 0 Å². The second kappa shape index (κ2) is 8.84. The summed E-state index contributed by atoms with van der Waals surface area (Å²) < 4.78 is 16.2. The van der Waals surface area contributed by atoms with E-state index in [-0.39, 0.29) is 12.5 Å². The number of rotatable bonds is 8. The van der Waals surface area contributed by atoms with E-state index in [1.54, 1.807) is 31.2 Å². The Morgan fingerprint density at radius 2 is 1.81 bits per heavy atom. The van der Waals surface area contributed by atoms with Crippen molar-refractivity contribution in [1.29, 1.82) is 0 Å². The van der Waals surface area contributed by atoms with Crippen molar-refractivity contribution >= 4 is 5.91 Å². The Bertz CT molecular complexity index is 908. The molecule has 3 aromatic rings. The maximum atomic E-state index is 12.6. The second-order valence-corrected chi connectivity index (χ2v) is 5.74. The predicted molar refractivity (Wildman–Crippen MR) is 98.6 cm³/mol. The molecule has 0 aliphatic carbocycles. The van der Waals surface area contributed by atoms with Crippen molar-refractivity contribution in [3.63, 3.8) is 0 Å². The molecule has 0 aliphatic rings. The highest BCUT2D eigenvalue weighted by molar-refractivity contribution is 5.96. The van der Waals surface area contributed by atoms with E-state index in [0.717, 1.165) is 11.3 Å². The fourth-order valence-corrected chi connectivity index (χ4v) is 2.54. The molecule has 3 rings (SSSR count). The van der Waals surface area contributed by atoms with Gasteiger partial charge in [-0.15, -0.1) is 0 Å². The topological polar surface area (TPSA) is 86.5 Å². The van der Waals surface area contributed by atoms with Gasteiger partial charge in [0.05, 0.1) is 12.2 Å². The van der Waals surface area contributed by atoms with Crippen molar-refractivity contribution in [1.82, 2.24) is 15.5 Å². The average molecular weight is 367 g/mol. The lowest BCUT2D eigenvalue weighted by Crippen LogP contribution is -2.23. The van der Waals surface area contributed by atoms with E-state index in [1.807, 2.05) is 31.2 Å². The highest BCUT2D eigenvalue weighted by Crippen LogP contribution is 2.21. The van der Waals surface area contributed by atoms with Crippen LogP contribution in [0.15, 0.2) is 53.1 Å². The number of ether oxygens (including phenoxy) is 2. The summed E-state index contributed by atoms with van der Waals surface area (Å²) in [5, 5.41) is 6.69. The minimum Gasteiger partial charge on any atom is -0.494 e. The van der Waals surface area contributed by atoms with Gasteiger partial charge in [0, 0.05) is 19.0 Å². The summed E-state index contributed by atoms with van der Waals surface area (Å²) in [6, 6.07) is 14.7. The van der Waals surface area contributed by atoms with Crippen LogP contribution in [-0.2, 0) is 13.2 Å². The maximum Gasteiger partial charge on any atom is 0.255 e. The summed E-state index contributed by atoms with van der Waals surface area (Å²) in [5.74, 6) is 1.87. The highest BCUT2D eigenvalue weighted by atomic mass is 16.5. The summed E-state index contributed by atoms with van der Waals surface area (Å²) in [7, 11) is 0. The molecule has 7 heteroatoms. The van der Waals surface area contributed by atoms with Crippen LogP contribution in [0.4, 0.5) is 0 Å². The van der Waals surface area contributed by atoms with Gasteiger partial charge in [-0.05, 0) is 25.1 Å². The Labute approximate surface area is 157 Å². The standard InChI is InChI=1S/C20H21N3O4/c1-3-25-17-10-6-4-8-15(17)12-21-20(24)16-9-5-7-11-18(16)26-13-19-22-14(2)27-23-19/h4-11H,3,12-13H2,1-2H3,(H,21,24). The van der Waals surface area contributed by atoms with Gasteiger partial charge in [0.1, 0.15) is 11.5 Å². The minimum absolute atomic E-state index is 0.120. The third-order valence-corrected chi connectivity index (χ3v) is 3.77. The van der Waals surface area contributed by atoms with E-state index in [1.165, 1.54) is 0 Å². The molecule has 1 N–H and O–H groups in total. The molecule has 140 valence electrons. The van der Waals surface area contributed by atoms with Gasteiger partial charge in [0.25, 0.3) is 5.91 Å². The number of nitrogens with zero attached hydrogens (tertiary/aromatic N) is 2. The van der Waals surface area contributed by atoms with Crippen molar-refractivity contribution in [3.05, 3.63) is 71.4 Å². The molecule has 1 amide bonds. The van der Waals surface area contributed by atoms with Gasteiger partial charge in [0.15, 0.2) is 6.61 Å². The summed E-state index contributed by atoms with van der Waals surface area (Å²) in [4.78, 5) is 16.7. The summed E-state index contributed by atoms with van der Waals surface area (Å²) >= 11 is 0. The van der Waals surface area contributed by atoms with Gasteiger partial charge in [-0.2, -0.15) is 4.98 Å². The van der Waals surface area contributed by atoms with Gasteiger partial charge in [-0.3, -0.25) is 4.79 Å². The fourth-order valence-electron chi connectivity index (χ4n) is 2.54. The quantitative estimate of drug-likeness (QED) is 0.657. The van der Waals surface area contributed by atoms with E-state index in [9.17, 15) is 4.79 Å². The third kappa shape index (κ3) is 4.84. The van der Waals surface area contributed by atoms with Crippen molar-refractivity contribution in [3.8, 4) is 11.5 Å². The molecule has 0 aliphatic heterocycles. The lowest BCUT2D eigenvalue weighted by atomic mass is 10.1. The van der Waals surface area contributed by atoms with E-state index in [0.29, 0.717) is 36.2 Å². The summed E-state index contributed by atoms with van der Waals surface area (Å²) in [6.45, 7) is 4.67. The Kier molecular flexibility index (Phi) is 6.04. The van der Waals surface area contributed by atoms with Crippen LogP contribution in [0.5, 0.6) is 11.5 Å². The summed E-state index contributed by atoms with van der Waals surface area (Å²) in [5.41, 5.74) is 1.35. The van der Waals surface area contributed by atoms with Gasteiger partial charge in [0.2, 0.25) is 11.7 Å². The number of benzene rings is 2. The van der Waals surface area contributed by atoms with Crippen LogP contribution in [0.25, 0.3) is 0 Å². The Morgan fingerprint density at radius 1 is 1.07 bits per heavy atom. The number of para-hydroxylation sites is 2. The van der Waals surface area contributed by atoms with Crippen molar-refractivity contribution in [2.75, 3.05) is 6.61 Å². The molecule has 1 heterocycles. The summed E-state index contributed by atoms with van der Waals surface area (Å²) in [6.07, 6.45) is 0. The molecule has 0 spiro atoms. The van der Waals surface area contributed by atoms with Gasteiger partial charge in [-0.25, -0.2) is 0 Å². The van der Waals surface area contributed by atoms with Crippen LogP contribution in [-0.4, -0.2) is 22.7 Å². The molecule has 7 nitrogen and oxygen atoms in total.